The lowest BCUT2D eigenvalue weighted by Gasteiger charge is -2.16. The largest absolute Gasteiger partial charge is 0.355 e. The summed E-state index contributed by atoms with van der Waals surface area (Å²) in [6.07, 6.45) is 8.59. The molecule has 1 fully saturated rings. The summed E-state index contributed by atoms with van der Waals surface area (Å²) < 4.78 is 0. The number of nitrogens with zero attached hydrogens (tertiary/aromatic N) is 1. The molecule has 0 unspecified atom stereocenters. The van der Waals surface area contributed by atoms with Gasteiger partial charge in [-0.2, -0.15) is 0 Å². The highest BCUT2D eigenvalue weighted by Crippen LogP contribution is 2.25. The van der Waals surface area contributed by atoms with E-state index in [1.807, 2.05) is 13.8 Å². The number of carbonyl (C=O) groups excluding carboxylic acids is 1. The van der Waals surface area contributed by atoms with Crippen LogP contribution >= 0.6 is 11.3 Å². The molecule has 0 saturated heterocycles. The molecule has 7 heteroatoms. The Balaban J connectivity index is 1.42. The summed E-state index contributed by atoms with van der Waals surface area (Å²) >= 11 is 1.53. The first kappa shape index (κ1) is 20.0. The minimum Gasteiger partial charge on any atom is -0.355 e. The van der Waals surface area contributed by atoms with Crippen molar-refractivity contribution in [2.75, 3.05) is 13.1 Å². The number of hydrogen-bond donors (Lipinski definition) is 3. The smallest absolute Gasteiger partial charge is 0.259 e. The van der Waals surface area contributed by atoms with Gasteiger partial charge in [-0.3, -0.25) is 9.59 Å². The van der Waals surface area contributed by atoms with Gasteiger partial charge >= 0.3 is 0 Å². The van der Waals surface area contributed by atoms with Gasteiger partial charge < -0.3 is 15.6 Å². The number of aromatic nitrogens is 2. The van der Waals surface area contributed by atoms with E-state index in [-0.39, 0.29) is 11.5 Å². The van der Waals surface area contributed by atoms with Crippen molar-refractivity contribution in [2.45, 2.75) is 71.3 Å². The Labute approximate surface area is 164 Å². The van der Waals surface area contributed by atoms with Crippen LogP contribution in [0.25, 0.3) is 10.2 Å². The first-order valence-electron chi connectivity index (χ1n) is 10.0. The molecule has 2 heterocycles. The Morgan fingerprint density at radius 2 is 1.93 bits per heavy atom. The van der Waals surface area contributed by atoms with Crippen molar-refractivity contribution in [3.05, 3.63) is 26.6 Å². The molecule has 1 aliphatic carbocycles. The lowest BCUT2D eigenvalue weighted by Crippen LogP contribution is -2.37. The number of nitrogens with one attached hydrogen (secondary N) is 3. The lowest BCUT2D eigenvalue weighted by atomic mass is 10.1. The SMILES string of the molecule is Cc1sc2nc(CCC(=O)NCCNC3CCCCCC3)[nH]c(=O)c2c1C. The first-order chi connectivity index (χ1) is 13.0. The van der Waals surface area contributed by atoms with Crippen LogP contribution < -0.4 is 16.2 Å². The summed E-state index contributed by atoms with van der Waals surface area (Å²) in [5.74, 6) is 0.583. The second-order valence-electron chi connectivity index (χ2n) is 7.47. The van der Waals surface area contributed by atoms with Crippen LogP contribution in [0.4, 0.5) is 0 Å². The predicted molar refractivity (Wildman–Crippen MR) is 111 cm³/mol. The molecule has 0 aliphatic heterocycles. The van der Waals surface area contributed by atoms with E-state index in [9.17, 15) is 9.59 Å². The van der Waals surface area contributed by atoms with Crippen molar-refractivity contribution in [3.8, 4) is 0 Å². The highest BCUT2D eigenvalue weighted by atomic mass is 32.1. The topological polar surface area (TPSA) is 86.9 Å². The number of fused-ring (bicyclic) bond motifs is 1. The van der Waals surface area contributed by atoms with E-state index >= 15 is 0 Å². The number of aromatic amines is 1. The van der Waals surface area contributed by atoms with Crippen LogP contribution in [0.3, 0.4) is 0 Å². The molecule has 6 nitrogen and oxygen atoms in total. The van der Waals surface area contributed by atoms with Crippen molar-refractivity contribution in [1.29, 1.82) is 0 Å². The molecule has 0 bridgehead atoms. The van der Waals surface area contributed by atoms with E-state index in [1.165, 1.54) is 49.9 Å². The van der Waals surface area contributed by atoms with Crippen LogP contribution in [0.5, 0.6) is 0 Å². The quantitative estimate of drug-likeness (QED) is 0.501. The maximum Gasteiger partial charge on any atom is 0.259 e. The van der Waals surface area contributed by atoms with Crippen LogP contribution in [0.15, 0.2) is 4.79 Å². The molecule has 0 atom stereocenters. The molecule has 1 amide bonds. The van der Waals surface area contributed by atoms with Gasteiger partial charge in [0.25, 0.3) is 5.56 Å². The normalized spacial score (nSPS) is 15.8. The van der Waals surface area contributed by atoms with Gasteiger partial charge in [-0.05, 0) is 32.3 Å². The van der Waals surface area contributed by atoms with E-state index in [2.05, 4.69) is 20.6 Å². The number of amides is 1. The summed E-state index contributed by atoms with van der Waals surface area (Å²) in [5, 5.41) is 7.18. The minimum absolute atomic E-state index is 0.000969. The molecule has 0 radical (unpaired) electrons. The van der Waals surface area contributed by atoms with Crippen molar-refractivity contribution >= 4 is 27.5 Å². The van der Waals surface area contributed by atoms with Crippen LogP contribution in [-0.2, 0) is 11.2 Å². The lowest BCUT2D eigenvalue weighted by molar-refractivity contribution is -0.121. The van der Waals surface area contributed by atoms with E-state index in [4.69, 9.17) is 0 Å². The highest BCUT2D eigenvalue weighted by Gasteiger charge is 2.13. The zero-order valence-electron chi connectivity index (χ0n) is 16.3. The summed E-state index contributed by atoms with van der Waals surface area (Å²) in [6.45, 7) is 5.39. The number of aryl methyl sites for hydroxylation is 3. The Kier molecular flexibility index (Phi) is 7.01. The van der Waals surface area contributed by atoms with Gasteiger partial charge in [0.1, 0.15) is 10.7 Å². The fraction of sp³-hybridized carbons (Fsp3) is 0.650. The van der Waals surface area contributed by atoms with Crippen LogP contribution in [-0.4, -0.2) is 35.0 Å². The third kappa shape index (κ3) is 5.39. The molecule has 0 aromatic carbocycles. The third-order valence-electron chi connectivity index (χ3n) is 5.41. The number of rotatable bonds is 7. The summed E-state index contributed by atoms with van der Waals surface area (Å²) in [5.41, 5.74) is 0.888. The van der Waals surface area contributed by atoms with Gasteiger partial charge in [0, 0.05) is 36.9 Å². The number of H-pyrrole nitrogens is 1. The van der Waals surface area contributed by atoms with Gasteiger partial charge in [0.2, 0.25) is 5.91 Å². The predicted octanol–water partition coefficient (Wildman–Crippen LogP) is 2.96. The van der Waals surface area contributed by atoms with Gasteiger partial charge in [-0.1, -0.05) is 25.7 Å². The minimum atomic E-state index is -0.107. The second kappa shape index (κ2) is 9.46. The van der Waals surface area contributed by atoms with E-state index in [0.717, 1.165) is 21.8 Å². The third-order valence-corrected chi connectivity index (χ3v) is 6.51. The molecule has 1 aliphatic rings. The van der Waals surface area contributed by atoms with Gasteiger partial charge in [0.05, 0.1) is 5.39 Å². The summed E-state index contributed by atoms with van der Waals surface area (Å²) in [7, 11) is 0. The van der Waals surface area contributed by atoms with Gasteiger partial charge in [0.15, 0.2) is 0 Å². The average molecular weight is 391 g/mol. The van der Waals surface area contributed by atoms with Gasteiger partial charge in [-0.25, -0.2) is 4.98 Å². The van der Waals surface area contributed by atoms with E-state index < -0.39 is 0 Å². The zero-order valence-corrected chi connectivity index (χ0v) is 17.1. The van der Waals surface area contributed by atoms with E-state index in [1.54, 1.807) is 0 Å². The molecule has 0 spiro atoms. The Hall–Kier alpha value is -1.73. The fourth-order valence-corrected chi connectivity index (χ4v) is 4.75. The summed E-state index contributed by atoms with van der Waals surface area (Å²) in [6, 6.07) is 0.600. The van der Waals surface area contributed by atoms with Crippen molar-refractivity contribution in [3.63, 3.8) is 0 Å². The number of carbonyl (C=O) groups is 1. The molecular formula is C20H30N4O2S. The van der Waals surface area contributed by atoms with Crippen LogP contribution in [0, 0.1) is 13.8 Å². The Bertz CT molecular complexity index is 834. The molecule has 148 valence electrons. The van der Waals surface area contributed by atoms with Crippen LogP contribution in [0.1, 0.15) is 61.2 Å². The standard InChI is InChI=1S/C20H30N4O2S/c1-13-14(2)27-20-18(13)19(26)23-16(24-20)9-10-17(25)22-12-11-21-15-7-5-3-4-6-8-15/h15,21H,3-12H2,1-2H3,(H,22,25)(H,23,24,26). The fourth-order valence-electron chi connectivity index (χ4n) is 3.70. The monoisotopic (exact) mass is 390 g/mol. The van der Waals surface area contributed by atoms with Gasteiger partial charge in [-0.15, -0.1) is 11.3 Å². The number of hydrogen-bond acceptors (Lipinski definition) is 5. The Morgan fingerprint density at radius 1 is 1.19 bits per heavy atom. The molecule has 3 N–H and O–H groups in total. The van der Waals surface area contributed by atoms with Crippen LogP contribution in [0.2, 0.25) is 0 Å². The zero-order chi connectivity index (χ0) is 19.2. The first-order valence-corrected chi connectivity index (χ1v) is 10.8. The van der Waals surface area contributed by atoms with Crippen molar-refractivity contribution in [1.82, 2.24) is 20.6 Å². The van der Waals surface area contributed by atoms with E-state index in [0.29, 0.717) is 36.6 Å². The molecule has 2 aromatic heterocycles. The van der Waals surface area contributed by atoms with Crippen molar-refractivity contribution < 1.29 is 4.79 Å². The molecule has 27 heavy (non-hydrogen) atoms. The maximum atomic E-state index is 12.3. The Morgan fingerprint density at radius 3 is 2.67 bits per heavy atom. The average Bonchev–Trinajstić information content (AvgIpc) is 2.81. The van der Waals surface area contributed by atoms with Crippen molar-refractivity contribution in [2.24, 2.45) is 0 Å². The maximum absolute atomic E-state index is 12.3. The molecule has 2 aromatic rings. The second-order valence-corrected chi connectivity index (χ2v) is 8.67. The molecule has 3 rings (SSSR count). The number of thiophene rings is 1. The summed E-state index contributed by atoms with van der Waals surface area (Å²) in [4.78, 5) is 33.6. The molecular weight excluding hydrogens is 360 g/mol. The highest BCUT2D eigenvalue weighted by molar-refractivity contribution is 7.18. The molecule has 1 saturated carbocycles.